The molecule has 1 saturated carbocycles. The van der Waals surface area contributed by atoms with E-state index in [1.165, 1.54) is 0 Å². The monoisotopic (exact) mass is 352 g/mol. The Kier molecular flexibility index (Phi) is 3.17. The maximum absolute atomic E-state index is 11.0. The molecule has 134 valence electrons. The number of anilines is 2. The minimum atomic E-state index is -0.704. The normalized spacial score (nSPS) is 29.4. The van der Waals surface area contributed by atoms with Crippen LogP contribution in [0.5, 0.6) is 0 Å². The van der Waals surface area contributed by atoms with Crippen LogP contribution in [-0.2, 0) is 4.79 Å². The quantitative estimate of drug-likeness (QED) is 0.849. The van der Waals surface area contributed by atoms with Crippen molar-refractivity contribution >= 4 is 28.9 Å². The van der Waals surface area contributed by atoms with Crippen LogP contribution in [-0.4, -0.2) is 51.4 Å². The number of fused-ring (bicyclic) bond motifs is 2. The van der Waals surface area contributed by atoms with Crippen LogP contribution in [0, 0.1) is 24.3 Å². The van der Waals surface area contributed by atoms with Crippen LogP contribution >= 0.6 is 0 Å². The molecule has 1 N–H and O–H groups in total. The first-order valence-corrected chi connectivity index (χ1v) is 9.06. The van der Waals surface area contributed by atoms with Gasteiger partial charge < -0.3 is 14.9 Å². The second-order valence-corrected chi connectivity index (χ2v) is 7.68. The van der Waals surface area contributed by atoms with Crippen molar-refractivity contribution in [1.82, 2.24) is 14.6 Å². The van der Waals surface area contributed by atoms with E-state index < -0.39 is 5.97 Å². The molecule has 26 heavy (non-hydrogen) atoms. The van der Waals surface area contributed by atoms with Crippen molar-refractivity contribution < 1.29 is 9.90 Å². The summed E-state index contributed by atoms with van der Waals surface area (Å²) in [5.74, 6) is 2.38. The van der Waals surface area contributed by atoms with E-state index in [1.807, 2.05) is 0 Å². The maximum atomic E-state index is 11.0. The van der Waals surface area contributed by atoms with Crippen molar-refractivity contribution in [3.8, 4) is 0 Å². The Morgan fingerprint density at radius 1 is 1.42 bits per heavy atom. The Morgan fingerprint density at radius 3 is 2.77 bits per heavy atom. The molecule has 2 aromatic rings. The van der Waals surface area contributed by atoms with Gasteiger partial charge in [0.1, 0.15) is 11.6 Å². The van der Waals surface area contributed by atoms with Crippen LogP contribution in [0.4, 0.5) is 17.3 Å². The average Bonchev–Trinajstić information content (AvgIpc) is 2.99. The first-order chi connectivity index (χ1) is 12.6. The average molecular weight is 352 g/mol. The molecule has 0 amide bonds. The number of carboxylic acids is 1. The van der Waals surface area contributed by atoms with E-state index in [2.05, 4.69) is 32.7 Å². The molecule has 4 heterocycles. The Balaban J connectivity index is 1.49. The first-order valence-electron chi connectivity index (χ1n) is 9.06. The molecule has 0 bridgehead atoms. The van der Waals surface area contributed by atoms with Crippen LogP contribution in [0.25, 0.3) is 10.5 Å². The van der Waals surface area contributed by atoms with Gasteiger partial charge in [0.15, 0.2) is 5.65 Å². The number of carboxylic acid groups (broad SMARTS) is 1. The standard InChI is InChI=1S/C18H20N6O2/c1-10-3-4-23(10)15-6-16(24-18(21-15)14(19-2)7-20-24)22-8-12-11(5-17(25)26)13(12)9-22/h6-7,10-13H,3-5,8-9H2,1H3,(H,25,26). The number of aromatic nitrogens is 3. The van der Waals surface area contributed by atoms with E-state index in [-0.39, 0.29) is 6.42 Å². The van der Waals surface area contributed by atoms with Crippen molar-refractivity contribution in [3.63, 3.8) is 0 Å². The molecule has 0 radical (unpaired) electrons. The minimum Gasteiger partial charge on any atom is -0.481 e. The van der Waals surface area contributed by atoms with Gasteiger partial charge in [-0.15, -0.1) is 0 Å². The minimum absolute atomic E-state index is 0.273. The number of hydrogen-bond donors (Lipinski definition) is 1. The van der Waals surface area contributed by atoms with Crippen LogP contribution in [0.2, 0.25) is 0 Å². The van der Waals surface area contributed by atoms with Crippen molar-refractivity contribution in [2.45, 2.75) is 25.8 Å². The summed E-state index contributed by atoms with van der Waals surface area (Å²) in [5, 5.41) is 13.4. The zero-order chi connectivity index (χ0) is 18.0. The third-order valence-electron chi connectivity index (χ3n) is 6.26. The van der Waals surface area contributed by atoms with E-state index in [0.717, 1.165) is 37.7 Å². The van der Waals surface area contributed by atoms with Crippen LogP contribution in [0.15, 0.2) is 12.3 Å². The summed E-state index contributed by atoms with van der Waals surface area (Å²) >= 11 is 0. The van der Waals surface area contributed by atoms with Gasteiger partial charge in [-0.05, 0) is 31.1 Å². The molecule has 0 spiro atoms. The molecule has 8 heteroatoms. The lowest BCUT2D eigenvalue weighted by molar-refractivity contribution is -0.137. The number of rotatable bonds is 4. The van der Waals surface area contributed by atoms with Gasteiger partial charge in [0.05, 0.1) is 12.8 Å². The fourth-order valence-corrected chi connectivity index (χ4v) is 4.57. The highest BCUT2D eigenvalue weighted by Gasteiger charge is 2.56. The lowest BCUT2D eigenvalue weighted by atomic mass is 10.1. The SMILES string of the molecule is [C-]#[N+]c1cnn2c(N3CC4C(CC(=O)O)C4C3)cc(N3CCC3C)nc12. The number of hydrogen-bond acceptors (Lipinski definition) is 5. The predicted octanol–water partition coefficient (Wildman–Crippen LogP) is 2.04. The van der Waals surface area contributed by atoms with Crippen LogP contribution < -0.4 is 9.80 Å². The van der Waals surface area contributed by atoms with Crippen molar-refractivity contribution in [2.75, 3.05) is 29.4 Å². The third-order valence-corrected chi connectivity index (χ3v) is 6.26. The smallest absolute Gasteiger partial charge is 0.303 e. The Labute approximate surface area is 150 Å². The summed E-state index contributed by atoms with van der Waals surface area (Å²) in [5.41, 5.74) is 1.07. The highest BCUT2D eigenvalue weighted by Crippen LogP contribution is 2.54. The van der Waals surface area contributed by atoms with E-state index in [4.69, 9.17) is 16.7 Å². The van der Waals surface area contributed by atoms with Crippen molar-refractivity contribution in [3.05, 3.63) is 23.7 Å². The molecule has 2 saturated heterocycles. The number of piperidine rings is 1. The van der Waals surface area contributed by atoms with Gasteiger partial charge in [-0.25, -0.2) is 14.3 Å². The summed E-state index contributed by atoms with van der Waals surface area (Å²) in [6.07, 6.45) is 3.00. The number of carbonyl (C=O) groups is 1. The summed E-state index contributed by atoms with van der Waals surface area (Å²) in [4.78, 5) is 23.8. The van der Waals surface area contributed by atoms with E-state index >= 15 is 0 Å². The molecule has 8 nitrogen and oxygen atoms in total. The Hall–Kier alpha value is -2.82. The summed E-state index contributed by atoms with van der Waals surface area (Å²) < 4.78 is 1.76. The van der Waals surface area contributed by atoms with E-state index in [0.29, 0.717) is 35.1 Å². The van der Waals surface area contributed by atoms with Gasteiger partial charge >= 0.3 is 5.97 Å². The van der Waals surface area contributed by atoms with Gasteiger partial charge in [0.25, 0.3) is 0 Å². The van der Waals surface area contributed by atoms with Gasteiger partial charge in [-0.2, -0.15) is 5.10 Å². The highest BCUT2D eigenvalue weighted by molar-refractivity contribution is 5.73. The topological polar surface area (TPSA) is 78.3 Å². The second-order valence-electron chi connectivity index (χ2n) is 7.68. The van der Waals surface area contributed by atoms with Crippen molar-refractivity contribution in [2.24, 2.45) is 17.8 Å². The zero-order valence-corrected chi connectivity index (χ0v) is 14.5. The number of nitrogens with zero attached hydrogens (tertiary/aromatic N) is 6. The molecule has 2 aliphatic heterocycles. The van der Waals surface area contributed by atoms with E-state index in [9.17, 15) is 4.79 Å². The summed E-state index contributed by atoms with van der Waals surface area (Å²) in [7, 11) is 0. The molecule has 0 aromatic carbocycles. The Morgan fingerprint density at radius 2 is 2.19 bits per heavy atom. The fourth-order valence-electron chi connectivity index (χ4n) is 4.57. The highest BCUT2D eigenvalue weighted by atomic mass is 16.4. The summed E-state index contributed by atoms with van der Waals surface area (Å²) in [6.45, 7) is 12.2. The molecule has 3 fully saturated rings. The Bertz CT molecular complexity index is 935. The first kappa shape index (κ1) is 15.4. The molecule has 2 aromatic heterocycles. The van der Waals surface area contributed by atoms with Gasteiger partial charge in [0.2, 0.25) is 5.69 Å². The molecule has 3 aliphatic rings. The van der Waals surface area contributed by atoms with Crippen LogP contribution in [0.1, 0.15) is 19.8 Å². The third kappa shape index (κ3) is 2.16. The molecule has 5 rings (SSSR count). The molecular weight excluding hydrogens is 332 g/mol. The molecular formula is C18H20N6O2. The van der Waals surface area contributed by atoms with Gasteiger partial charge in [0, 0.05) is 38.2 Å². The van der Waals surface area contributed by atoms with Crippen LogP contribution in [0.3, 0.4) is 0 Å². The summed E-state index contributed by atoms with van der Waals surface area (Å²) in [6, 6.07) is 2.53. The predicted molar refractivity (Wildman–Crippen MR) is 95.6 cm³/mol. The molecule has 1 aliphatic carbocycles. The molecule has 3 atom stereocenters. The lowest BCUT2D eigenvalue weighted by Gasteiger charge is -2.40. The molecule has 3 unspecified atom stereocenters. The lowest BCUT2D eigenvalue weighted by Crippen LogP contribution is -2.46. The van der Waals surface area contributed by atoms with E-state index in [1.54, 1.807) is 10.7 Å². The maximum Gasteiger partial charge on any atom is 0.303 e. The van der Waals surface area contributed by atoms with Gasteiger partial charge in [-0.1, -0.05) is 0 Å². The fraction of sp³-hybridized carbons (Fsp3) is 0.556. The number of aliphatic carboxylic acids is 1. The van der Waals surface area contributed by atoms with Gasteiger partial charge in [-0.3, -0.25) is 4.79 Å². The largest absolute Gasteiger partial charge is 0.481 e. The van der Waals surface area contributed by atoms with Crippen molar-refractivity contribution in [1.29, 1.82) is 0 Å². The second kappa shape index (κ2) is 5.34. The zero-order valence-electron chi connectivity index (χ0n) is 14.5.